The van der Waals surface area contributed by atoms with E-state index in [1.807, 2.05) is 44.2 Å². The minimum atomic E-state index is -0.826. The molecule has 1 saturated heterocycles. The number of benzene rings is 3. The first-order chi connectivity index (χ1) is 16.9. The van der Waals surface area contributed by atoms with Gasteiger partial charge in [-0.05, 0) is 67.4 Å². The van der Waals surface area contributed by atoms with Gasteiger partial charge in [0.05, 0.1) is 12.3 Å². The summed E-state index contributed by atoms with van der Waals surface area (Å²) >= 11 is 5.91. The molecule has 0 spiro atoms. The van der Waals surface area contributed by atoms with Gasteiger partial charge in [-0.3, -0.25) is 14.9 Å². The van der Waals surface area contributed by atoms with Crippen LogP contribution in [-0.2, 0) is 9.59 Å². The number of amides is 4. The van der Waals surface area contributed by atoms with Crippen molar-refractivity contribution < 1.29 is 23.9 Å². The molecule has 1 heterocycles. The predicted octanol–water partition coefficient (Wildman–Crippen LogP) is 5.55. The zero-order valence-electron chi connectivity index (χ0n) is 19.2. The van der Waals surface area contributed by atoms with Crippen molar-refractivity contribution in [1.29, 1.82) is 0 Å². The van der Waals surface area contributed by atoms with Crippen molar-refractivity contribution in [3.63, 3.8) is 0 Å². The summed E-state index contributed by atoms with van der Waals surface area (Å²) in [6.07, 6.45) is 1.20. The number of nitrogens with one attached hydrogen (secondary N) is 1. The summed E-state index contributed by atoms with van der Waals surface area (Å²) in [5, 5.41) is 2.66. The fraction of sp³-hybridized carbons (Fsp3) is 0.148. The number of carbonyl (C=O) groups is 3. The fourth-order valence-electron chi connectivity index (χ4n) is 3.61. The van der Waals surface area contributed by atoms with Gasteiger partial charge < -0.3 is 9.47 Å². The number of carbonyl (C=O) groups excluding carboxylic acids is 3. The third-order valence-corrected chi connectivity index (χ3v) is 5.59. The van der Waals surface area contributed by atoms with E-state index in [9.17, 15) is 14.4 Å². The molecule has 8 heteroatoms. The Morgan fingerprint density at radius 1 is 0.971 bits per heavy atom. The van der Waals surface area contributed by atoms with Crippen molar-refractivity contribution >= 4 is 41.2 Å². The first-order valence-electron chi connectivity index (χ1n) is 11.0. The maximum absolute atomic E-state index is 13.1. The molecule has 1 N–H and O–H groups in total. The van der Waals surface area contributed by atoms with E-state index in [4.69, 9.17) is 21.1 Å². The van der Waals surface area contributed by atoms with Crippen molar-refractivity contribution in [3.8, 4) is 11.5 Å². The number of halogens is 1. The molecular formula is C27H23ClN2O5. The third-order valence-electron chi connectivity index (χ3n) is 5.34. The van der Waals surface area contributed by atoms with E-state index in [2.05, 4.69) is 5.32 Å². The van der Waals surface area contributed by atoms with Crippen LogP contribution in [0.3, 0.4) is 0 Å². The lowest BCUT2D eigenvalue weighted by molar-refractivity contribution is -0.122. The maximum atomic E-state index is 13.1. The molecule has 7 nitrogen and oxygen atoms in total. The molecule has 4 amide bonds. The molecule has 1 aliphatic rings. The first kappa shape index (κ1) is 24.0. The van der Waals surface area contributed by atoms with Crippen LogP contribution in [-0.4, -0.2) is 24.5 Å². The van der Waals surface area contributed by atoms with Crippen molar-refractivity contribution in [2.45, 2.75) is 20.0 Å². The normalized spacial score (nSPS) is 15.7. The van der Waals surface area contributed by atoms with E-state index in [0.29, 0.717) is 34.4 Å². The Morgan fingerprint density at radius 2 is 1.69 bits per heavy atom. The van der Waals surface area contributed by atoms with Crippen LogP contribution < -0.4 is 19.7 Å². The van der Waals surface area contributed by atoms with Gasteiger partial charge in [-0.2, -0.15) is 0 Å². The van der Waals surface area contributed by atoms with Gasteiger partial charge in [-0.1, -0.05) is 48.0 Å². The van der Waals surface area contributed by atoms with E-state index < -0.39 is 17.8 Å². The second-order valence-electron chi connectivity index (χ2n) is 7.74. The topological polar surface area (TPSA) is 84.9 Å². The van der Waals surface area contributed by atoms with Crippen LogP contribution in [0.4, 0.5) is 10.5 Å². The van der Waals surface area contributed by atoms with Crippen LogP contribution in [0.15, 0.2) is 78.4 Å². The fourth-order valence-corrected chi connectivity index (χ4v) is 3.74. The van der Waals surface area contributed by atoms with Gasteiger partial charge in [0.1, 0.15) is 11.7 Å². The molecule has 35 heavy (non-hydrogen) atoms. The van der Waals surface area contributed by atoms with Crippen molar-refractivity contribution in [2.24, 2.45) is 0 Å². The average Bonchev–Trinajstić information content (AvgIpc) is 2.85. The lowest BCUT2D eigenvalue weighted by Crippen LogP contribution is -2.54. The van der Waals surface area contributed by atoms with Gasteiger partial charge in [-0.15, -0.1) is 0 Å². The summed E-state index contributed by atoms with van der Waals surface area (Å²) in [6, 6.07) is 20.3. The first-order valence-corrected chi connectivity index (χ1v) is 11.4. The minimum Gasteiger partial charge on any atom is -0.490 e. The van der Waals surface area contributed by atoms with Crippen LogP contribution in [0.2, 0.25) is 5.02 Å². The Hall–Kier alpha value is -4.10. The molecule has 0 radical (unpaired) electrons. The average molecular weight is 491 g/mol. The zero-order valence-corrected chi connectivity index (χ0v) is 19.9. The predicted molar refractivity (Wildman–Crippen MR) is 134 cm³/mol. The van der Waals surface area contributed by atoms with Crippen LogP contribution in [0.1, 0.15) is 31.1 Å². The summed E-state index contributed by atoms with van der Waals surface area (Å²) in [5.41, 5.74) is 1.66. The van der Waals surface area contributed by atoms with Crippen molar-refractivity contribution in [2.75, 3.05) is 11.5 Å². The van der Waals surface area contributed by atoms with Crippen LogP contribution in [0.5, 0.6) is 11.5 Å². The summed E-state index contributed by atoms with van der Waals surface area (Å²) in [4.78, 5) is 38.9. The number of hydrogen-bond donors (Lipinski definition) is 1. The molecule has 0 saturated carbocycles. The van der Waals surface area contributed by atoms with E-state index in [1.54, 1.807) is 30.3 Å². The maximum Gasteiger partial charge on any atom is 0.335 e. The third kappa shape index (κ3) is 5.36. The summed E-state index contributed by atoms with van der Waals surface area (Å²) in [7, 11) is 0. The van der Waals surface area contributed by atoms with Gasteiger partial charge >= 0.3 is 6.03 Å². The summed E-state index contributed by atoms with van der Waals surface area (Å²) in [6.45, 7) is 4.19. The molecule has 1 aliphatic heterocycles. The number of rotatable bonds is 7. The van der Waals surface area contributed by atoms with Crippen LogP contribution >= 0.6 is 11.6 Å². The molecule has 0 aliphatic carbocycles. The summed E-state index contributed by atoms with van der Waals surface area (Å²) < 4.78 is 11.9. The molecule has 4 rings (SSSR count). The molecule has 1 fully saturated rings. The van der Waals surface area contributed by atoms with Gasteiger partial charge in [0.15, 0.2) is 11.5 Å². The molecule has 3 aromatic rings. The Bertz CT molecular complexity index is 1290. The van der Waals surface area contributed by atoms with Crippen LogP contribution in [0, 0.1) is 0 Å². The molecule has 0 bridgehead atoms. The number of urea groups is 1. The SMILES string of the molecule is CCOc1cc(C=C2C(=O)NC(=O)N(c3ccc(Cl)cc3)C2=O)ccc1OC(C)c1ccccc1. The van der Waals surface area contributed by atoms with Crippen molar-refractivity contribution in [3.05, 3.63) is 94.5 Å². The highest BCUT2D eigenvalue weighted by molar-refractivity contribution is 6.39. The van der Waals surface area contributed by atoms with E-state index in [-0.39, 0.29) is 11.7 Å². The number of hydrogen-bond acceptors (Lipinski definition) is 5. The molecule has 1 unspecified atom stereocenters. The number of nitrogens with zero attached hydrogens (tertiary/aromatic N) is 1. The van der Waals surface area contributed by atoms with Crippen molar-refractivity contribution in [1.82, 2.24) is 5.32 Å². The highest BCUT2D eigenvalue weighted by atomic mass is 35.5. The highest BCUT2D eigenvalue weighted by Gasteiger charge is 2.36. The van der Waals surface area contributed by atoms with Gasteiger partial charge in [-0.25, -0.2) is 9.69 Å². The Kier molecular flexibility index (Phi) is 7.17. The number of imide groups is 2. The zero-order chi connectivity index (χ0) is 24.9. The van der Waals surface area contributed by atoms with Gasteiger partial charge in [0, 0.05) is 5.02 Å². The Labute approximate surface area is 207 Å². The highest BCUT2D eigenvalue weighted by Crippen LogP contribution is 2.33. The quantitative estimate of drug-likeness (QED) is 0.347. The Morgan fingerprint density at radius 3 is 2.37 bits per heavy atom. The van der Waals surface area contributed by atoms with E-state index >= 15 is 0 Å². The Balaban J connectivity index is 1.63. The second-order valence-corrected chi connectivity index (χ2v) is 8.18. The smallest absolute Gasteiger partial charge is 0.335 e. The molecule has 178 valence electrons. The van der Waals surface area contributed by atoms with E-state index in [0.717, 1.165) is 10.5 Å². The van der Waals surface area contributed by atoms with E-state index in [1.165, 1.54) is 18.2 Å². The largest absolute Gasteiger partial charge is 0.490 e. The number of anilines is 1. The van der Waals surface area contributed by atoms with Gasteiger partial charge in [0.2, 0.25) is 0 Å². The summed E-state index contributed by atoms with van der Waals surface area (Å²) in [5.74, 6) is -0.514. The standard InChI is InChI=1S/C27H23ClN2O5/c1-3-34-24-16-18(9-14-23(24)35-17(2)19-7-5-4-6-8-19)15-22-25(31)29-27(33)30(26(22)32)21-12-10-20(28)11-13-21/h4-17H,3H2,1-2H3,(H,29,31,33). The molecule has 1 atom stereocenters. The lowest BCUT2D eigenvalue weighted by atomic mass is 10.1. The molecular weight excluding hydrogens is 468 g/mol. The lowest BCUT2D eigenvalue weighted by Gasteiger charge is -2.26. The van der Waals surface area contributed by atoms with Gasteiger partial charge in [0.25, 0.3) is 11.8 Å². The molecule has 3 aromatic carbocycles. The number of ether oxygens (including phenoxy) is 2. The van der Waals surface area contributed by atoms with Crippen LogP contribution in [0.25, 0.3) is 6.08 Å². The molecule has 0 aromatic heterocycles. The monoisotopic (exact) mass is 490 g/mol. The minimum absolute atomic E-state index is 0.187. The number of barbiturate groups is 1. The second kappa shape index (κ2) is 10.4.